The molecule has 0 saturated carbocycles. The number of hydrogen-bond donors (Lipinski definition) is 1. The summed E-state index contributed by atoms with van der Waals surface area (Å²) in [5.41, 5.74) is 3.27. The first-order valence-electron chi connectivity index (χ1n) is 11.2. The number of carbonyl (C=O) groups excluding carboxylic acids is 2. The second kappa shape index (κ2) is 11.8. The van der Waals surface area contributed by atoms with Crippen molar-refractivity contribution in [3.63, 3.8) is 0 Å². The molecular weight excluding hydrogens is 438 g/mol. The van der Waals surface area contributed by atoms with Crippen molar-refractivity contribution in [2.45, 2.75) is 46.6 Å². The van der Waals surface area contributed by atoms with Gasteiger partial charge in [-0.3, -0.25) is 13.9 Å². The van der Waals surface area contributed by atoms with Gasteiger partial charge in [0.15, 0.2) is 0 Å². The van der Waals surface area contributed by atoms with E-state index in [0.717, 1.165) is 27.3 Å². The van der Waals surface area contributed by atoms with E-state index in [9.17, 15) is 18.0 Å². The zero-order chi connectivity index (χ0) is 24.6. The van der Waals surface area contributed by atoms with E-state index in [4.69, 9.17) is 0 Å². The van der Waals surface area contributed by atoms with Gasteiger partial charge in [0, 0.05) is 13.1 Å². The number of hydrogen-bond acceptors (Lipinski definition) is 4. The number of carbonyl (C=O) groups is 2. The van der Waals surface area contributed by atoms with Gasteiger partial charge >= 0.3 is 0 Å². The fraction of sp³-hybridized carbons (Fsp3) is 0.440. The Labute approximate surface area is 197 Å². The van der Waals surface area contributed by atoms with Crippen LogP contribution in [0.25, 0.3) is 0 Å². The number of amides is 2. The van der Waals surface area contributed by atoms with E-state index in [1.807, 2.05) is 70.2 Å². The van der Waals surface area contributed by atoms with Crippen LogP contribution in [-0.2, 0) is 26.0 Å². The van der Waals surface area contributed by atoms with Crippen LogP contribution in [0, 0.1) is 13.8 Å². The largest absolute Gasteiger partial charge is 0.355 e. The fourth-order valence-electron chi connectivity index (χ4n) is 3.87. The van der Waals surface area contributed by atoms with Gasteiger partial charge in [-0.1, -0.05) is 55.0 Å². The van der Waals surface area contributed by atoms with Crippen molar-refractivity contribution >= 4 is 27.5 Å². The summed E-state index contributed by atoms with van der Waals surface area (Å²) in [5, 5.41) is 2.80. The van der Waals surface area contributed by atoms with Gasteiger partial charge < -0.3 is 10.2 Å². The van der Waals surface area contributed by atoms with Gasteiger partial charge in [0.1, 0.15) is 12.6 Å². The highest BCUT2D eigenvalue weighted by molar-refractivity contribution is 7.92. The number of likely N-dealkylation sites (N-methyl/N-ethyl adjacent to an activating group) is 1. The standard InChI is InChI=1S/C25H35N3O4S/c1-6-22(25(30)26-7-2)27(16-15-21-11-9-8-10-12-21)24(29)18-28(33(5,31)32)23-14-13-19(3)17-20(23)4/h8-14,17,22H,6-7,15-16,18H2,1-5H3,(H,26,30). The van der Waals surface area contributed by atoms with Crippen LogP contribution in [0.5, 0.6) is 0 Å². The highest BCUT2D eigenvalue weighted by Crippen LogP contribution is 2.24. The van der Waals surface area contributed by atoms with E-state index in [-0.39, 0.29) is 12.5 Å². The summed E-state index contributed by atoms with van der Waals surface area (Å²) in [6, 6.07) is 14.4. The maximum Gasteiger partial charge on any atom is 0.244 e. The van der Waals surface area contributed by atoms with E-state index in [1.54, 1.807) is 6.07 Å². The maximum atomic E-state index is 13.5. The molecule has 2 aromatic carbocycles. The summed E-state index contributed by atoms with van der Waals surface area (Å²) in [4.78, 5) is 27.8. The van der Waals surface area contributed by atoms with Crippen LogP contribution < -0.4 is 9.62 Å². The molecule has 0 aliphatic carbocycles. The Hall–Kier alpha value is -2.87. The molecule has 1 atom stereocenters. The monoisotopic (exact) mass is 473 g/mol. The third kappa shape index (κ3) is 7.32. The molecule has 33 heavy (non-hydrogen) atoms. The highest BCUT2D eigenvalue weighted by Gasteiger charge is 2.31. The Morgan fingerprint density at radius 3 is 2.24 bits per heavy atom. The number of rotatable bonds is 11. The molecule has 7 nitrogen and oxygen atoms in total. The minimum atomic E-state index is -3.73. The molecule has 2 amide bonds. The average molecular weight is 474 g/mol. The molecule has 0 aliphatic rings. The summed E-state index contributed by atoms with van der Waals surface area (Å²) < 4.78 is 26.4. The first-order valence-corrected chi connectivity index (χ1v) is 13.1. The maximum absolute atomic E-state index is 13.5. The van der Waals surface area contributed by atoms with Crippen molar-refractivity contribution < 1.29 is 18.0 Å². The Kier molecular flexibility index (Phi) is 9.46. The van der Waals surface area contributed by atoms with Crippen molar-refractivity contribution in [2.75, 3.05) is 30.2 Å². The average Bonchev–Trinajstić information content (AvgIpc) is 2.75. The van der Waals surface area contributed by atoms with Gasteiger partial charge in [0.05, 0.1) is 11.9 Å². The van der Waals surface area contributed by atoms with E-state index < -0.39 is 22.0 Å². The molecule has 0 aromatic heterocycles. The first kappa shape index (κ1) is 26.4. The Bertz CT molecular complexity index is 1050. The third-order valence-corrected chi connectivity index (χ3v) is 6.65. The summed E-state index contributed by atoms with van der Waals surface area (Å²) in [7, 11) is -3.73. The van der Waals surface area contributed by atoms with Gasteiger partial charge in [-0.2, -0.15) is 0 Å². The Morgan fingerprint density at radius 1 is 1.03 bits per heavy atom. The van der Waals surface area contributed by atoms with E-state index in [2.05, 4.69) is 5.32 Å². The van der Waals surface area contributed by atoms with Crippen molar-refractivity contribution in [3.8, 4) is 0 Å². The topological polar surface area (TPSA) is 86.8 Å². The minimum absolute atomic E-state index is 0.237. The zero-order valence-corrected chi connectivity index (χ0v) is 21.0. The molecular formula is C25H35N3O4S. The predicted molar refractivity (Wildman–Crippen MR) is 133 cm³/mol. The van der Waals surface area contributed by atoms with Crippen LogP contribution in [0.1, 0.15) is 37.0 Å². The molecule has 0 saturated heterocycles. The molecule has 180 valence electrons. The predicted octanol–water partition coefficient (Wildman–Crippen LogP) is 3.06. The summed E-state index contributed by atoms with van der Waals surface area (Å²) in [5.74, 6) is -0.645. The second-order valence-corrected chi connectivity index (χ2v) is 10.1. The molecule has 0 aliphatic heterocycles. The summed E-state index contributed by atoms with van der Waals surface area (Å²) in [6.45, 7) is 7.82. The number of nitrogens with zero attached hydrogens (tertiary/aromatic N) is 2. The van der Waals surface area contributed by atoms with Crippen LogP contribution in [0.4, 0.5) is 5.69 Å². The van der Waals surface area contributed by atoms with Crippen molar-refractivity contribution in [1.82, 2.24) is 10.2 Å². The Morgan fingerprint density at radius 2 is 1.70 bits per heavy atom. The molecule has 0 heterocycles. The van der Waals surface area contributed by atoms with Crippen LogP contribution in [0.3, 0.4) is 0 Å². The Balaban J connectivity index is 2.38. The van der Waals surface area contributed by atoms with Gasteiger partial charge in [0.25, 0.3) is 0 Å². The zero-order valence-electron chi connectivity index (χ0n) is 20.2. The van der Waals surface area contributed by atoms with Crippen molar-refractivity contribution in [3.05, 3.63) is 65.2 Å². The molecule has 0 radical (unpaired) electrons. The molecule has 0 fully saturated rings. The fourth-order valence-corrected chi connectivity index (χ4v) is 4.78. The summed E-state index contributed by atoms with van der Waals surface area (Å²) >= 11 is 0. The lowest BCUT2D eigenvalue weighted by Crippen LogP contribution is -2.53. The highest BCUT2D eigenvalue weighted by atomic mass is 32.2. The molecule has 0 spiro atoms. The van der Waals surface area contributed by atoms with Crippen LogP contribution in [0.15, 0.2) is 48.5 Å². The van der Waals surface area contributed by atoms with Crippen LogP contribution in [0.2, 0.25) is 0 Å². The first-order chi connectivity index (χ1) is 15.6. The van der Waals surface area contributed by atoms with Gasteiger partial charge in [-0.15, -0.1) is 0 Å². The number of nitrogens with one attached hydrogen (secondary N) is 1. The SMILES string of the molecule is CCNC(=O)C(CC)N(CCc1ccccc1)C(=O)CN(c1ccc(C)cc1C)S(C)(=O)=O. The van der Waals surface area contributed by atoms with Gasteiger partial charge in [-0.05, 0) is 50.8 Å². The second-order valence-electron chi connectivity index (χ2n) is 8.20. The lowest BCUT2D eigenvalue weighted by molar-refractivity contribution is -0.139. The van der Waals surface area contributed by atoms with Crippen molar-refractivity contribution in [2.24, 2.45) is 0 Å². The lowest BCUT2D eigenvalue weighted by atomic mass is 10.1. The molecule has 1 unspecified atom stereocenters. The van der Waals surface area contributed by atoms with Crippen LogP contribution in [-0.4, -0.2) is 57.1 Å². The molecule has 0 bridgehead atoms. The van der Waals surface area contributed by atoms with Crippen molar-refractivity contribution in [1.29, 1.82) is 0 Å². The van der Waals surface area contributed by atoms with E-state index in [0.29, 0.717) is 31.6 Å². The molecule has 2 rings (SSSR count). The molecule has 8 heteroatoms. The van der Waals surface area contributed by atoms with Gasteiger partial charge in [-0.25, -0.2) is 8.42 Å². The van der Waals surface area contributed by atoms with Crippen LogP contribution >= 0.6 is 0 Å². The van der Waals surface area contributed by atoms with Gasteiger partial charge in [0.2, 0.25) is 21.8 Å². The quantitative estimate of drug-likeness (QED) is 0.543. The number of sulfonamides is 1. The number of anilines is 1. The number of benzene rings is 2. The van der Waals surface area contributed by atoms with E-state index in [1.165, 1.54) is 4.90 Å². The molecule has 2 aromatic rings. The molecule has 1 N–H and O–H groups in total. The van der Waals surface area contributed by atoms with E-state index >= 15 is 0 Å². The number of aryl methyl sites for hydroxylation is 2. The summed E-state index contributed by atoms with van der Waals surface area (Å²) in [6.07, 6.45) is 2.08. The minimum Gasteiger partial charge on any atom is -0.355 e. The third-order valence-electron chi connectivity index (χ3n) is 5.52. The lowest BCUT2D eigenvalue weighted by Gasteiger charge is -2.33. The normalized spacial score (nSPS) is 12.2. The smallest absolute Gasteiger partial charge is 0.244 e.